The second kappa shape index (κ2) is 9.07. The number of hydroxylamine groups is 2. The van der Waals surface area contributed by atoms with Gasteiger partial charge in [-0.05, 0) is 52.9 Å². The first kappa shape index (κ1) is 20.7. The number of hydrogen-bond acceptors (Lipinski definition) is 7. The fraction of sp³-hybridized carbons (Fsp3) is 0.526. The molecule has 0 radical (unpaired) electrons. The molecule has 1 saturated carbocycles. The number of aliphatic hydroxyl groups is 1. The van der Waals surface area contributed by atoms with Crippen LogP contribution in [0.15, 0.2) is 24.5 Å². The number of hydrogen-bond donors (Lipinski definition) is 2. The van der Waals surface area contributed by atoms with Crippen molar-refractivity contribution in [1.82, 2.24) is 30.6 Å². The summed E-state index contributed by atoms with van der Waals surface area (Å²) in [4.78, 5) is 30.9. The van der Waals surface area contributed by atoms with Gasteiger partial charge in [0.05, 0.1) is 12.3 Å². The van der Waals surface area contributed by atoms with Crippen molar-refractivity contribution in [2.75, 3.05) is 6.61 Å². The third-order valence-electron chi connectivity index (χ3n) is 5.61. The molecular formula is C19H23ClN6O4. The summed E-state index contributed by atoms with van der Waals surface area (Å²) >= 11 is 6.11. The van der Waals surface area contributed by atoms with E-state index in [1.165, 1.54) is 11.0 Å². The highest BCUT2D eigenvalue weighted by atomic mass is 35.5. The highest BCUT2D eigenvalue weighted by Gasteiger charge is 2.41. The van der Waals surface area contributed by atoms with Gasteiger partial charge in [0.2, 0.25) is 5.91 Å². The third-order valence-corrected chi connectivity index (χ3v) is 5.85. The highest BCUT2D eigenvalue weighted by Crippen LogP contribution is 2.30. The first-order valence-electron chi connectivity index (χ1n) is 9.98. The van der Waals surface area contributed by atoms with Crippen LogP contribution < -0.4 is 5.32 Å². The van der Waals surface area contributed by atoms with Gasteiger partial charge >= 0.3 is 0 Å². The minimum absolute atomic E-state index is 0.0734. The minimum atomic E-state index is -1.14. The number of tetrazole rings is 1. The molecule has 1 aliphatic heterocycles. The quantitative estimate of drug-likeness (QED) is 0.695. The molecular weight excluding hydrogens is 412 g/mol. The van der Waals surface area contributed by atoms with Crippen molar-refractivity contribution in [3.63, 3.8) is 0 Å². The first-order valence-corrected chi connectivity index (χ1v) is 10.4. The number of nitrogens with zero attached hydrogens (tertiary/aromatic N) is 5. The Balaban J connectivity index is 1.42. The molecule has 0 spiro atoms. The largest absolute Gasteiger partial charge is 0.383 e. The summed E-state index contributed by atoms with van der Waals surface area (Å²) in [6.07, 6.45) is 4.31. The molecule has 2 aliphatic rings. The number of halogens is 1. The monoisotopic (exact) mass is 434 g/mol. The normalized spacial score (nSPS) is 20.5. The molecule has 2 aromatic rings. The van der Waals surface area contributed by atoms with E-state index >= 15 is 0 Å². The Kier molecular flexibility index (Phi) is 6.26. The van der Waals surface area contributed by atoms with E-state index in [0.29, 0.717) is 22.7 Å². The van der Waals surface area contributed by atoms with Crippen molar-refractivity contribution in [2.45, 2.75) is 50.8 Å². The summed E-state index contributed by atoms with van der Waals surface area (Å²) in [5.74, 6) is -0.977. The molecule has 160 valence electrons. The number of aliphatic hydroxyl groups excluding tert-OH is 1. The predicted octanol–water partition coefficient (Wildman–Crippen LogP) is 1.02. The maximum atomic E-state index is 12.8. The average Bonchev–Trinajstić information content (AvgIpc) is 3.52. The van der Waals surface area contributed by atoms with Crippen molar-refractivity contribution in [3.05, 3.63) is 35.1 Å². The summed E-state index contributed by atoms with van der Waals surface area (Å²) < 4.78 is 1.48. The molecule has 1 aromatic heterocycles. The molecule has 0 unspecified atom stereocenters. The maximum absolute atomic E-state index is 12.8. The first-order chi connectivity index (χ1) is 14.5. The van der Waals surface area contributed by atoms with Crippen LogP contribution in [0.25, 0.3) is 5.69 Å². The minimum Gasteiger partial charge on any atom is -0.383 e. The van der Waals surface area contributed by atoms with E-state index in [1.807, 2.05) is 0 Å². The molecule has 1 aliphatic carbocycles. The molecule has 2 fully saturated rings. The van der Waals surface area contributed by atoms with E-state index in [0.717, 1.165) is 30.7 Å². The summed E-state index contributed by atoms with van der Waals surface area (Å²) in [6.45, 7) is 0.409. The smallest absolute Gasteiger partial charge is 0.275 e. The Bertz CT molecular complexity index is 902. The van der Waals surface area contributed by atoms with Gasteiger partial charge < -0.3 is 10.4 Å². The van der Waals surface area contributed by atoms with Crippen LogP contribution in [0.3, 0.4) is 0 Å². The van der Waals surface area contributed by atoms with Crippen molar-refractivity contribution < 1.29 is 19.5 Å². The van der Waals surface area contributed by atoms with Gasteiger partial charge in [-0.3, -0.25) is 14.4 Å². The number of nitrogens with one attached hydrogen (secondary N) is 1. The molecule has 30 heavy (non-hydrogen) atoms. The Morgan fingerprint density at radius 1 is 1.30 bits per heavy atom. The second-order valence-corrected chi connectivity index (χ2v) is 7.97. The van der Waals surface area contributed by atoms with Crippen LogP contribution in [0.2, 0.25) is 5.02 Å². The molecule has 2 heterocycles. The fourth-order valence-electron chi connectivity index (χ4n) is 4.02. The molecule has 2 atom stereocenters. The van der Waals surface area contributed by atoms with Crippen LogP contribution in [0.4, 0.5) is 0 Å². The number of benzene rings is 1. The summed E-state index contributed by atoms with van der Waals surface area (Å²) in [5, 5.41) is 25.9. The van der Waals surface area contributed by atoms with Gasteiger partial charge in [0.25, 0.3) is 5.91 Å². The van der Waals surface area contributed by atoms with Crippen molar-refractivity contribution in [3.8, 4) is 5.69 Å². The van der Waals surface area contributed by atoms with E-state index in [-0.39, 0.29) is 25.0 Å². The third kappa shape index (κ3) is 4.30. The van der Waals surface area contributed by atoms with Crippen molar-refractivity contribution in [1.29, 1.82) is 0 Å². The SMILES string of the molecule is O=C(NCc1cc(Cl)ccc1-n1cnnn1)[C@@H]1CCON1C(=O)[C@H](O)C1CCCC1. The highest BCUT2D eigenvalue weighted by molar-refractivity contribution is 6.30. The van der Waals surface area contributed by atoms with Gasteiger partial charge in [-0.2, -0.15) is 0 Å². The molecule has 2 N–H and O–H groups in total. The second-order valence-electron chi connectivity index (χ2n) is 7.54. The Morgan fingerprint density at radius 2 is 2.10 bits per heavy atom. The van der Waals surface area contributed by atoms with Crippen LogP contribution in [-0.2, 0) is 21.0 Å². The lowest BCUT2D eigenvalue weighted by molar-refractivity contribution is -0.189. The van der Waals surface area contributed by atoms with Gasteiger partial charge in [0, 0.05) is 18.0 Å². The van der Waals surface area contributed by atoms with Crippen molar-refractivity contribution >= 4 is 23.4 Å². The zero-order chi connectivity index (χ0) is 21.1. The lowest BCUT2D eigenvalue weighted by Gasteiger charge is -2.26. The van der Waals surface area contributed by atoms with E-state index in [4.69, 9.17) is 16.4 Å². The Hall–Kier alpha value is -2.56. The number of amides is 2. The number of rotatable bonds is 6. The summed E-state index contributed by atoms with van der Waals surface area (Å²) in [5.41, 5.74) is 1.39. The lowest BCUT2D eigenvalue weighted by Crippen LogP contribution is -2.49. The van der Waals surface area contributed by atoms with E-state index < -0.39 is 18.1 Å². The van der Waals surface area contributed by atoms with Gasteiger partial charge in [-0.1, -0.05) is 24.4 Å². The van der Waals surface area contributed by atoms with Gasteiger partial charge in [-0.25, -0.2) is 9.75 Å². The number of carbonyl (C=O) groups excluding carboxylic acids is 2. The van der Waals surface area contributed by atoms with Crippen molar-refractivity contribution in [2.24, 2.45) is 5.92 Å². The predicted molar refractivity (Wildman–Crippen MR) is 105 cm³/mol. The lowest BCUT2D eigenvalue weighted by atomic mass is 10.00. The molecule has 1 saturated heterocycles. The maximum Gasteiger partial charge on any atom is 0.275 e. The van der Waals surface area contributed by atoms with E-state index in [1.54, 1.807) is 18.2 Å². The van der Waals surface area contributed by atoms with E-state index in [9.17, 15) is 14.7 Å². The van der Waals surface area contributed by atoms with Crippen LogP contribution in [-0.4, -0.2) is 60.9 Å². The summed E-state index contributed by atoms with van der Waals surface area (Å²) in [7, 11) is 0. The van der Waals surface area contributed by atoms with Gasteiger partial charge in [0.15, 0.2) is 0 Å². The average molecular weight is 435 g/mol. The Labute approximate surface area is 178 Å². The molecule has 2 amide bonds. The number of carbonyl (C=O) groups is 2. The molecule has 11 heteroatoms. The molecule has 4 rings (SSSR count). The van der Waals surface area contributed by atoms with E-state index in [2.05, 4.69) is 20.8 Å². The zero-order valence-electron chi connectivity index (χ0n) is 16.3. The van der Waals surface area contributed by atoms with Crippen LogP contribution >= 0.6 is 11.6 Å². The standard InChI is InChI=1S/C19H23ClN6O4/c20-14-5-6-15(25-11-22-23-24-25)13(9-14)10-21-18(28)16-7-8-30-26(16)19(29)17(27)12-3-1-2-4-12/h5-6,9,11-12,16-17,27H,1-4,7-8,10H2,(H,21,28)/t16-,17+/m0/s1. The van der Waals surface area contributed by atoms with Crippen LogP contribution in [0.1, 0.15) is 37.7 Å². The van der Waals surface area contributed by atoms with Crippen LogP contribution in [0.5, 0.6) is 0 Å². The van der Waals surface area contributed by atoms with Gasteiger partial charge in [0.1, 0.15) is 18.5 Å². The molecule has 1 aromatic carbocycles. The topological polar surface area (TPSA) is 122 Å². The Morgan fingerprint density at radius 3 is 2.83 bits per heavy atom. The molecule has 0 bridgehead atoms. The number of aromatic nitrogens is 4. The zero-order valence-corrected chi connectivity index (χ0v) is 17.0. The van der Waals surface area contributed by atoms with Crippen LogP contribution in [0, 0.1) is 5.92 Å². The fourth-order valence-corrected chi connectivity index (χ4v) is 4.22. The molecule has 10 nitrogen and oxygen atoms in total. The summed E-state index contributed by atoms with van der Waals surface area (Å²) in [6, 6.07) is 4.40. The van der Waals surface area contributed by atoms with Gasteiger partial charge in [-0.15, -0.1) is 5.10 Å².